The Kier molecular flexibility index (Phi) is 14.0. The Morgan fingerprint density at radius 3 is 2.41 bits per heavy atom. The fraction of sp³-hybridized carbons (Fsp3) is 0.571. The number of rotatable bonds is 17. The number of amides is 3. The van der Waals surface area contributed by atoms with Gasteiger partial charge in [0.15, 0.2) is 0 Å². The van der Waals surface area contributed by atoms with Gasteiger partial charge in [0, 0.05) is 34.0 Å². The summed E-state index contributed by atoms with van der Waals surface area (Å²) in [6, 6.07) is 4.59. The molecule has 11 nitrogen and oxygen atoms in total. The molecule has 0 spiro atoms. The number of carboxylic acids is 1. The molecule has 3 amide bonds. The average molecular weight is 609 g/mol. The van der Waals surface area contributed by atoms with Crippen LogP contribution in [0.5, 0.6) is 0 Å². The number of hydrogen-bond donors (Lipinski definition) is 6. The molecule has 0 aliphatic heterocycles. The number of carbonyl (C=O) groups excluding carboxylic acids is 3. The highest BCUT2D eigenvalue weighted by Gasteiger charge is 2.27. The third kappa shape index (κ3) is 12.8. The Morgan fingerprint density at radius 1 is 1.05 bits per heavy atom. The van der Waals surface area contributed by atoms with Gasteiger partial charge in [-0.25, -0.2) is 4.79 Å². The van der Waals surface area contributed by atoms with Gasteiger partial charge in [-0.05, 0) is 51.5 Å². The minimum atomic E-state index is -1.19. The lowest BCUT2D eigenvalue weighted by Crippen LogP contribution is -2.54. The van der Waals surface area contributed by atoms with E-state index >= 15 is 0 Å². The molecule has 0 aliphatic carbocycles. The zero-order valence-electron chi connectivity index (χ0n) is 24.5. The van der Waals surface area contributed by atoms with Crippen molar-refractivity contribution in [3.8, 4) is 0 Å². The minimum Gasteiger partial charge on any atom is -0.480 e. The lowest BCUT2D eigenvalue weighted by Gasteiger charge is -2.22. The minimum absolute atomic E-state index is 0.0257. The van der Waals surface area contributed by atoms with E-state index in [4.69, 9.17) is 5.73 Å². The molecule has 13 heteroatoms. The molecule has 1 aromatic carbocycles. The molecule has 0 radical (unpaired) electrons. The van der Waals surface area contributed by atoms with Gasteiger partial charge in [-0.1, -0.05) is 60.6 Å². The highest BCUT2D eigenvalue weighted by atomic mass is 33.1. The first kappa shape index (κ1) is 34.5. The summed E-state index contributed by atoms with van der Waals surface area (Å²) < 4.78 is 0.0257. The Bertz CT molecular complexity index is 1170. The van der Waals surface area contributed by atoms with Crippen molar-refractivity contribution in [3.05, 3.63) is 36.0 Å². The summed E-state index contributed by atoms with van der Waals surface area (Å²) in [5.74, 6) is -2.39. The number of carboxylic acid groups (broad SMARTS) is 1. The van der Waals surface area contributed by atoms with E-state index in [-0.39, 0.29) is 17.7 Å². The normalized spacial score (nSPS) is 13.9. The van der Waals surface area contributed by atoms with E-state index in [2.05, 4.69) is 41.7 Å². The van der Waals surface area contributed by atoms with Crippen LogP contribution >= 0.6 is 21.6 Å². The quantitative estimate of drug-likeness (QED) is 0.116. The van der Waals surface area contributed by atoms with Gasteiger partial charge in [0.2, 0.25) is 17.7 Å². The Hall–Kier alpha value is -2.74. The number of carbonyl (C=O) groups is 4. The van der Waals surface area contributed by atoms with Crippen molar-refractivity contribution in [2.24, 2.45) is 5.73 Å². The molecule has 0 bridgehead atoms. The largest absolute Gasteiger partial charge is 0.480 e. The molecule has 0 saturated carbocycles. The second-order valence-electron chi connectivity index (χ2n) is 11.2. The summed E-state index contributed by atoms with van der Waals surface area (Å²) in [6.07, 6.45) is 3.56. The SMILES string of the molecule is CN(C)CCCC[C@H](NC(=O)CNC(=O)[C@@H](N)CSSC(C)(C)C)C(=O)N[C@@H](Cc1c[nH]c2ccccc12)C(=O)O. The maximum atomic E-state index is 13.2. The zero-order valence-corrected chi connectivity index (χ0v) is 26.1. The van der Waals surface area contributed by atoms with Gasteiger partial charge in [-0.15, -0.1) is 0 Å². The first-order valence-corrected chi connectivity index (χ1v) is 15.9. The number of fused-ring (bicyclic) bond motifs is 1. The highest BCUT2D eigenvalue weighted by Crippen LogP contribution is 2.35. The molecule has 0 saturated heterocycles. The number of nitrogens with zero attached hydrogens (tertiary/aromatic N) is 1. The van der Waals surface area contributed by atoms with Crippen LogP contribution in [0.25, 0.3) is 10.9 Å². The van der Waals surface area contributed by atoms with Crippen molar-refractivity contribution in [2.75, 3.05) is 32.9 Å². The second-order valence-corrected chi connectivity index (χ2v) is 14.4. The van der Waals surface area contributed by atoms with Crippen molar-refractivity contribution in [3.63, 3.8) is 0 Å². The average Bonchev–Trinajstić information content (AvgIpc) is 3.30. The number of nitrogens with two attached hydrogens (primary N) is 1. The fourth-order valence-electron chi connectivity index (χ4n) is 3.94. The topological polar surface area (TPSA) is 170 Å². The number of aliphatic carboxylic acids is 1. The molecule has 1 aromatic heterocycles. The van der Waals surface area contributed by atoms with Crippen molar-refractivity contribution >= 4 is 56.2 Å². The summed E-state index contributed by atoms with van der Waals surface area (Å²) in [5, 5.41) is 18.5. The van der Waals surface area contributed by atoms with E-state index in [1.165, 1.54) is 10.8 Å². The van der Waals surface area contributed by atoms with Gasteiger partial charge in [-0.3, -0.25) is 14.4 Å². The van der Waals surface area contributed by atoms with E-state index in [1.54, 1.807) is 17.0 Å². The summed E-state index contributed by atoms with van der Waals surface area (Å²) in [6.45, 7) is 6.65. The number of benzene rings is 1. The summed E-state index contributed by atoms with van der Waals surface area (Å²) in [5.41, 5.74) is 7.59. The van der Waals surface area contributed by atoms with Crippen LogP contribution in [0.4, 0.5) is 0 Å². The number of unbranched alkanes of at least 4 members (excludes halogenated alkanes) is 1. The summed E-state index contributed by atoms with van der Waals surface area (Å²) >= 11 is 0. The molecule has 41 heavy (non-hydrogen) atoms. The van der Waals surface area contributed by atoms with Crippen LogP contribution in [0.15, 0.2) is 30.5 Å². The molecule has 1 heterocycles. The van der Waals surface area contributed by atoms with E-state index in [9.17, 15) is 24.3 Å². The third-order valence-corrected chi connectivity index (χ3v) is 9.40. The van der Waals surface area contributed by atoms with Crippen molar-refractivity contribution in [2.45, 2.75) is 69.3 Å². The first-order valence-electron chi connectivity index (χ1n) is 13.6. The lowest BCUT2D eigenvalue weighted by atomic mass is 10.0. The van der Waals surface area contributed by atoms with Crippen molar-refractivity contribution in [1.82, 2.24) is 25.8 Å². The molecule has 3 atom stereocenters. The standard InChI is InChI=1S/C28H44N6O5S2/c1-28(2,3)41-40-17-20(29)25(36)31-16-24(35)32-22(12-8-9-13-34(4)5)26(37)33-23(27(38)39)14-18-15-30-21-11-7-6-10-19(18)21/h6-7,10-11,15,20,22-23,30H,8-9,12-14,16-17,29H2,1-5H3,(H,31,36)(H,32,35)(H,33,37)(H,38,39)/t20-,22-,23-/m0/s1. The smallest absolute Gasteiger partial charge is 0.326 e. The summed E-state index contributed by atoms with van der Waals surface area (Å²) in [4.78, 5) is 55.5. The Labute approximate surface area is 249 Å². The number of nitrogens with one attached hydrogen (secondary N) is 4. The highest BCUT2D eigenvalue weighted by molar-refractivity contribution is 8.77. The van der Waals surface area contributed by atoms with Crippen LogP contribution in [-0.4, -0.2) is 94.5 Å². The first-order chi connectivity index (χ1) is 19.3. The van der Waals surface area contributed by atoms with Crippen LogP contribution in [0.3, 0.4) is 0 Å². The van der Waals surface area contributed by atoms with Crippen LogP contribution in [0, 0.1) is 0 Å². The predicted octanol–water partition coefficient (Wildman–Crippen LogP) is 2.12. The van der Waals surface area contributed by atoms with E-state index in [0.29, 0.717) is 18.6 Å². The van der Waals surface area contributed by atoms with Gasteiger partial charge >= 0.3 is 5.97 Å². The molecule has 2 aromatic rings. The number of hydrogen-bond acceptors (Lipinski definition) is 8. The van der Waals surface area contributed by atoms with Crippen LogP contribution in [0.2, 0.25) is 0 Å². The molecule has 228 valence electrons. The van der Waals surface area contributed by atoms with Gasteiger partial charge in [-0.2, -0.15) is 0 Å². The van der Waals surface area contributed by atoms with Crippen LogP contribution in [-0.2, 0) is 25.6 Å². The molecule has 7 N–H and O–H groups in total. The van der Waals surface area contributed by atoms with E-state index in [0.717, 1.165) is 29.4 Å². The van der Waals surface area contributed by atoms with E-state index in [1.807, 2.05) is 43.3 Å². The molecular formula is C28H44N6O5S2. The van der Waals surface area contributed by atoms with Gasteiger partial charge < -0.3 is 36.7 Å². The van der Waals surface area contributed by atoms with Crippen molar-refractivity contribution < 1.29 is 24.3 Å². The molecular weight excluding hydrogens is 564 g/mol. The van der Waals surface area contributed by atoms with Gasteiger partial charge in [0.25, 0.3) is 0 Å². The molecule has 2 rings (SSSR count). The van der Waals surface area contributed by atoms with Crippen molar-refractivity contribution in [1.29, 1.82) is 0 Å². The third-order valence-electron chi connectivity index (χ3n) is 6.03. The van der Waals surface area contributed by atoms with Gasteiger partial charge in [0.1, 0.15) is 12.1 Å². The monoisotopic (exact) mass is 608 g/mol. The maximum absolute atomic E-state index is 13.2. The molecule has 0 fully saturated rings. The number of H-pyrrole nitrogens is 1. The maximum Gasteiger partial charge on any atom is 0.326 e. The second kappa shape index (κ2) is 16.6. The number of aromatic nitrogens is 1. The number of para-hydroxylation sites is 1. The zero-order chi connectivity index (χ0) is 30.6. The Balaban J connectivity index is 1.99. The molecule has 0 aliphatic rings. The van der Waals surface area contributed by atoms with Crippen LogP contribution in [0.1, 0.15) is 45.6 Å². The van der Waals surface area contributed by atoms with E-state index < -0.39 is 41.8 Å². The predicted molar refractivity (Wildman–Crippen MR) is 167 cm³/mol. The van der Waals surface area contributed by atoms with Crippen LogP contribution < -0.4 is 21.7 Å². The lowest BCUT2D eigenvalue weighted by molar-refractivity contribution is -0.142. The molecule has 0 unspecified atom stereocenters. The fourth-order valence-corrected chi connectivity index (χ4v) is 6.37. The Morgan fingerprint density at radius 2 is 1.76 bits per heavy atom. The number of aromatic amines is 1. The summed E-state index contributed by atoms with van der Waals surface area (Å²) in [7, 11) is 7.01. The van der Waals surface area contributed by atoms with Gasteiger partial charge in [0.05, 0.1) is 12.6 Å².